The number of carboxylic acids is 1. The topological polar surface area (TPSA) is 72.8 Å². The number of aliphatic hydroxyl groups is 1. The number of aliphatic hydroxyl groups excluding tert-OH is 1. The van der Waals surface area contributed by atoms with Crippen LogP contribution in [0, 0.1) is 0 Å². The van der Waals surface area contributed by atoms with Crippen LogP contribution in [0.1, 0.15) is 0 Å². The summed E-state index contributed by atoms with van der Waals surface area (Å²) in [6.07, 6.45) is 0. The second kappa shape index (κ2) is 4.39. The van der Waals surface area contributed by atoms with Crippen molar-refractivity contribution >= 4 is 5.97 Å². The van der Waals surface area contributed by atoms with E-state index in [4.69, 9.17) is 10.2 Å². The van der Waals surface area contributed by atoms with Gasteiger partial charge < -0.3 is 15.5 Å². The number of hydrogen-bond acceptors (Lipinski definition) is 4. The van der Waals surface area contributed by atoms with E-state index in [1.807, 2.05) is 0 Å². The molecule has 1 aliphatic rings. The van der Waals surface area contributed by atoms with Crippen LogP contribution in [-0.2, 0) is 4.79 Å². The van der Waals surface area contributed by atoms with Gasteiger partial charge in [-0.05, 0) is 0 Å². The SMILES string of the molecule is O=C(O)C(CO)N1CCNCC1. The average Bonchev–Trinajstić information content (AvgIpc) is 2.07. The van der Waals surface area contributed by atoms with Crippen molar-refractivity contribution in [3.63, 3.8) is 0 Å². The predicted molar refractivity (Wildman–Crippen MR) is 43.0 cm³/mol. The summed E-state index contributed by atoms with van der Waals surface area (Å²) in [6.45, 7) is 2.66. The second-order valence-corrected chi connectivity index (χ2v) is 2.82. The third kappa shape index (κ3) is 2.17. The third-order valence-corrected chi connectivity index (χ3v) is 2.05. The van der Waals surface area contributed by atoms with Crippen LogP contribution in [0.5, 0.6) is 0 Å². The highest BCUT2D eigenvalue weighted by atomic mass is 16.4. The smallest absolute Gasteiger partial charge is 0.323 e. The van der Waals surface area contributed by atoms with Crippen molar-refractivity contribution in [2.45, 2.75) is 6.04 Å². The van der Waals surface area contributed by atoms with Crippen molar-refractivity contribution in [3.8, 4) is 0 Å². The summed E-state index contributed by atoms with van der Waals surface area (Å²) < 4.78 is 0. The Bertz CT molecular complexity index is 157. The Hall–Kier alpha value is -0.650. The van der Waals surface area contributed by atoms with Crippen molar-refractivity contribution in [1.82, 2.24) is 10.2 Å². The normalized spacial score (nSPS) is 22.1. The van der Waals surface area contributed by atoms with Gasteiger partial charge in [-0.1, -0.05) is 0 Å². The lowest BCUT2D eigenvalue weighted by molar-refractivity contribution is -0.145. The molecule has 12 heavy (non-hydrogen) atoms. The lowest BCUT2D eigenvalue weighted by Gasteiger charge is -2.31. The van der Waals surface area contributed by atoms with E-state index in [9.17, 15) is 4.79 Å². The summed E-state index contributed by atoms with van der Waals surface area (Å²) in [5, 5.41) is 20.6. The van der Waals surface area contributed by atoms with Gasteiger partial charge >= 0.3 is 5.97 Å². The highest BCUT2D eigenvalue weighted by molar-refractivity contribution is 5.73. The van der Waals surface area contributed by atoms with Gasteiger partial charge in [0.1, 0.15) is 6.04 Å². The molecule has 70 valence electrons. The Kier molecular flexibility index (Phi) is 3.46. The van der Waals surface area contributed by atoms with E-state index in [0.717, 1.165) is 13.1 Å². The summed E-state index contributed by atoms with van der Waals surface area (Å²) in [5.41, 5.74) is 0. The molecule has 0 aliphatic carbocycles. The molecule has 0 saturated carbocycles. The van der Waals surface area contributed by atoms with Crippen molar-refractivity contribution in [2.24, 2.45) is 0 Å². The van der Waals surface area contributed by atoms with E-state index < -0.39 is 12.0 Å². The van der Waals surface area contributed by atoms with Gasteiger partial charge in [0.05, 0.1) is 6.61 Å². The molecule has 0 aromatic carbocycles. The van der Waals surface area contributed by atoms with Gasteiger partial charge in [-0.2, -0.15) is 0 Å². The molecule has 0 aromatic rings. The summed E-state index contributed by atoms with van der Waals surface area (Å²) >= 11 is 0. The number of nitrogens with zero attached hydrogens (tertiary/aromatic N) is 1. The zero-order valence-corrected chi connectivity index (χ0v) is 6.86. The van der Waals surface area contributed by atoms with Crippen LogP contribution in [0.4, 0.5) is 0 Å². The van der Waals surface area contributed by atoms with Crippen LogP contribution in [0.2, 0.25) is 0 Å². The van der Waals surface area contributed by atoms with Crippen LogP contribution < -0.4 is 5.32 Å². The first-order chi connectivity index (χ1) is 5.75. The predicted octanol–water partition coefficient (Wildman–Crippen LogP) is -1.66. The van der Waals surface area contributed by atoms with Gasteiger partial charge in [0.25, 0.3) is 0 Å². The van der Waals surface area contributed by atoms with Gasteiger partial charge in [0, 0.05) is 26.2 Å². The van der Waals surface area contributed by atoms with Crippen LogP contribution in [0.25, 0.3) is 0 Å². The number of rotatable bonds is 3. The van der Waals surface area contributed by atoms with Crippen LogP contribution in [-0.4, -0.2) is 59.9 Å². The first-order valence-electron chi connectivity index (χ1n) is 4.04. The molecule has 5 nitrogen and oxygen atoms in total. The molecule has 1 rings (SSSR count). The Morgan fingerprint density at radius 1 is 1.50 bits per heavy atom. The lowest BCUT2D eigenvalue weighted by Crippen LogP contribution is -2.52. The standard InChI is InChI=1S/C7H14N2O3/c10-5-6(7(11)12)9-3-1-8-2-4-9/h6,8,10H,1-5H2,(H,11,12). The van der Waals surface area contributed by atoms with Crippen molar-refractivity contribution < 1.29 is 15.0 Å². The van der Waals surface area contributed by atoms with Crippen LogP contribution in [0.15, 0.2) is 0 Å². The monoisotopic (exact) mass is 174 g/mol. The molecule has 3 N–H and O–H groups in total. The minimum Gasteiger partial charge on any atom is -0.480 e. The maximum Gasteiger partial charge on any atom is 0.323 e. The maximum absolute atomic E-state index is 10.6. The molecule has 0 radical (unpaired) electrons. The fraction of sp³-hybridized carbons (Fsp3) is 0.857. The summed E-state index contributed by atoms with van der Waals surface area (Å²) in [7, 11) is 0. The number of aliphatic carboxylic acids is 1. The van der Waals surface area contributed by atoms with Crippen molar-refractivity contribution in [2.75, 3.05) is 32.8 Å². The van der Waals surface area contributed by atoms with Gasteiger partial charge in [0.15, 0.2) is 0 Å². The highest BCUT2D eigenvalue weighted by Gasteiger charge is 2.25. The molecule has 1 heterocycles. The van der Waals surface area contributed by atoms with E-state index in [2.05, 4.69) is 5.32 Å². The number of carboxylic acid groups (broad SMARTS) is 1. The zero-order chi connectivity index (χ0) is 8.97. The fourth-order valence-corrected chi connectivity index (χ4v) is 1.34. The molecule has 1 atom stereocenters. The van der Waals surface area contributed by atoms with Crippen molar-refractivity contribution in [3.05, 3.63) is 0 Å². The Morgan fingerprint density at radius 2 is 2.08 bits per heavy atom. The third-order valence-electron chi connectivity index (χ3n) is 2.05. The van der Waals surface area contributed by atoms with E-state index in [-0.39, 0.29) is 6.61 Å². The number of nitrogens with one attached hydrogen (secondary N) is 1. The highest BCUT2D eigenvalue weighted by Crippen LogP contribution is 2.00. The molecule has 5 heteroatoms. The van der Waals surface area contributed by atoms with E-state index >= 15 is 0 Å². The molecule has 1 unspecified atom stereocenters. The van der Waals surface area contributed by atoms with Gasteiger partial charge in [-0.25, -0.2) is 0 Å². The summed E-state index contributed by atoms with van der Waals surface area (Å²) in [6, 6.07) is -0.730. The number of hydrogen-bond donors (Lipinski definition) is 3. The molecule has 1 aliphatic heterocycles. The quantitative estimate of drug-likeness (QED) is 0.477. The fourth-order valence-electron chi connectivity index (χ4n) is 1.34. The largest absolute Gasteiger partial charge is 0.480 e. The molecule has 1 saturated heterocycles. The molecular formula is C7H14N2O3. The zero-order valence-electron chi connectivity index (χ0n) is 6.86. The molecule has 0 spiro atoms. The Balaban J connectivity index is 2.46. The summed E-state index contributed by atoms with van der Waals surface area (Å²) in [4.78, 5) is 12.4. The average molecular weight is 174 g/mol. The van der Waals surface area contributed by atoms with Crippen LogP contribution >= 0.6 is 0 Å². The van der Waals surface area contributed by atoms with Gasteiger partial charge in [-0.3, -0.25) is 9.69 Å². The Morgan fingerprint density at radius 3 is 2.50 bits per heavy atom. The summed E-state index contributed by atoms with van der Waals surface area (Å²) in [5.74, 6) is -0.945. The maximum atomic E-state index is 10.6. The molecule has 0 amide bonds. The molecular weight excluding hydrogens is 160 g/mol. The minimum atomic E-state index is -0.945. The molecule has 1 fully saturated rings. The van der Waals surface area contributed by atoms with Gasteiger partial charge in [-0.15, -0.1) is 0 Å². The first-order valence-corrected chi connectivity index (χ1v) is 4.04. The van der Waals surface area contributed by atoms with E-state index in [0.29, 0.717) is 13.1 Å². The van der Waals surface area contributed by atoms with E-state index in [1.54, 1.807) is 4.90 Å². The molecule has 0 aromatic heterocycles. The second-order valence-electron chi connectivity index (χ2n) is 2.82. The number of piperazine rings is 1. The Labute approximate surface area is 71.0 Å². The minimum absolute atomic E-state index is 0.310. The lowest BCUT2D eigenvalue weighted by atomic mass is 10.2. The van der Waals surface area contributed by atoms with Gasteiger partial charge in [0.2, 0.25) is 0 Å². The van der Waals surface area contributed by atoms with Crippen molar-refractivity contribution in [1.29, 1.82) is 0 Å². The first kappa shape index (κ1) is 9.44. The number of carbonyl (C=O) groups is 1. The van der Waals surface area contributed by atoms with E-state index in [1.165, 1.54) is 0 Å². The van der Waals surface area contributed by atoms with Crippen LogP contribution in [0.3, 0.4) is 0 Å². The molecule has 0 bridgehead atoms.